The van der Waals surface area contributed by atoms with Gasteiger partial charge in [0.15, 0.2) is 0 Å². The zero-order chi connectivity index (χ0) is 10.8. The second kappa shape index (κ2) is 4.12. The lowest BCUT2D eigenvalue weighted by Crippen LogP contribution is -2.22. The number of nitrogens with zero attached hydrogens (tertiary/aromatic N) is 1. The van der Waals surface area contributed by atoms with Crippen LogP contribution in [0.5, 0.6) is 0 Å². The van der Waals surface area contributed by atoms with E-state index in [0.29, 0.717) is 6.42 Å². The molecule has 2 nitrogen and oxygen atoms in total. The Morgan fingerprint density at radius 3 is 2.64 bits per heavy atom. The highest BCUT2D eigenvalue weighted by molar-refractivity contribution is 7.12. The molecule has 1 aromatic heterocycles. The number of rotatable bonds is 3. The first-order chi connectivity index (χ1) is 6.53. The Kier molecular flexibility index (Phi) is 3.30. The number of thiophene rings is 1. The second-order valence-corrected chi connectivity index (χ2v) is 5.05. The van der Waals surface area contributed by atoms with Crippen molar-refractivity contribution in [3.8, 4) is 6.07 Å². The van der Waals surface area contributed by atoms with Crippen molar-refractivity contribution in [3.63, 3.8) is 0 Å². The molecule has 0 radical (unpaired) electrons. The van der Waals surface area contributed by atoms with Gasteiger partial charge in [-0.2, -0.15) is 5.26 Å². The van der Waals surface area contributed by atoms with E-state index >= 15 is 0 Å². The molecule has 0 spiro atoms. The Morgan fingerprint density at radius 1 is 1.64 bits per heavy atom. The molecule has 2 atom stereocenters. The van der Waals surface area contributed by atoms with Crippen molar-refractivity contribution in [2.45, 2.75) is 33.3 Å². The molecule has 76 valence electrons. The van der Waals surface area contributed by atoms with Crippen LogP contribution >= 0.6 is 11.3 Å². The van der Waals surface area contributed by atoms with E-state index < -0.39 is 11.5 Å². The quantitative estimate of drug-likeness (QED) is 0.831. The number of aryl methyl sites for hydroxylation is 1. The normalized spacial score (nSPS) is 17.1. The van der Waals surface area contributed by atoms with Gasteiger partial charge in [0.05, 0.1) is 11.5 Å². The fourth-order valence-electron chi connectivity index (χ4n) is 1.25. The molecule has 1 N–H and O–H groups in total. The third-order valence-corrected chi connectivity index (χ3v) is 3.68. The smallest absolute Gasteiger partial charge is 0.106 e. The highest BCUT2D eigenvalue weighted by Crippen LogP contribution is 2.38. The fourth-order valence-corrected chi connectivity index (χ4v) is 2.26. The number of aliphatic hydroxyl groups is 1. The molecular formula is C11H15NOS. The highest BCUT2D eigenvalue weighted by Gasteiger charge is 2.33. The van der Waals surface area contributed by atoms with E-state index in [9.17, 15) is 5.11 Å². The van der Waals surface area contributed by atoms with Gasteiger partial charge in [-0.25, -0.2) is 0 Å². The summed E-state index contributed by atoms with van der Waals surface area (Å²) in [6.45, 7) is 5.72. The Morgan fingerprint density at radius 2 is 2.29 bits per heavy atom. The largest absolute Gasteiger partial charge is 0.386 e. The molecule has 1 aromatic rings. The maximum atomic E-state index is 10.0. The van der Waals surface area contributed by atoms with E-state index in [1.807, 2.05) is 26.0 Å². The highest BCUT2D eigenvalue weighted by atomic mass is 32.1. The van der Waals surface area contributed by atoms with Gasteiger partial charge in [0.2, 0.25) is 0 Å². The van der Waals surface area contributed by atoms with E-state index in [2.05, 4.69) is 6.07 Å². The average molecular weight is 209 g/mol. The van der Waals surface area contributed by atoms with E-state index in [1.165, 1.54) is 0 Å². The maximum Gasteiger partial charge on any atom is 0.106 e. The van der Waals surface area contributed by atoms with E-state index in [-0.39, 0.29) is 0 Å². The molecule has 1 heterocycles. The van der Waals surface area contributed by atoms with Crippen LogP contribution in [-0.4, -0.2) is 5.11 Å². The minimum absolute atomic E-state index is 0.654. The lowest BCUT2D eigenvalue weighted by atomic mass is 9.82. The van der Waals surface area contributed by atoms with E-state index in [1.54, 1.807) is 18.3 Å². The predicted octanol–water partition coefficient (Wildman–Crippen LogP) is 3.03. The summed E-state index contributed by atoms with van der Waals surface area (Å²) < 4.78 is 0. The number of hydrogen-bond acceptors (Lipinski definition) is 3. The Bertz CT molecular complexity index is 352. The lowest BCUT2D eigenvalue weighted by molar-refractivity contribution is 0.0754. The average Bonchev–Trinajstić information content (AvgIpc) is 2.62. The van der Waals surface area contributed by atoms with Crippen molar-refractivity contribution in [2.75, 3.05) is 0 Å². The summed E-state index contributed by atoms with van der Waals surface area (Å²) in [5.41, 5.74) is -0.669. The first-order valence-electron chi connectivity index (χ1n) is 4.69. The van der Waals surface area contributed by atoms with Gasteiger partial charge in [-0.15, -0.1) is 11.3 Å². The van der Waals surface area contributed by atoms with E-state index in [4.69, 9.17) is 5.26 Å². The van der Waals surface area contributed by atoms with Gasteiger partial charge in [0.1, 0.15) is 6.10 Å². The van der Waals surface area contributed by atoms with Crippen molar-refractivity contribution >= 4 is 11.3 Å². The zero-order valence-electron chi connectivity index (χ0n) is 8.74. The topological polar surface area (TPSA) is 44.0 Å². The Labute approximate surface area is 88.8 Å². The molecular weight excluding hydrogens is 194 g/mol. The maximum absolute atomic E-state index is 10.0. The standard InChI is InChI=1S/C11H15NOS/c1-4-11(3,7-12)10(13)9-6-5-8(2)14-9/h5-6,10,13H,4H2,1-3H3. The van der Waals surface area contributed by atoms with Gasteiger partial charge < -0.3 is 5.11 Å². The molecule has 14 heavy (non-hydrogen) atoms. The van der Waals surface area contributed by atoms with Gasteiger partial charge in [0.25, 0.3) is 0 Å². The summed E-state index contributed by atoms with van der Waals surface area (Å²) in [6.07, 6.45) is -0.0158. The molecule has 3 heteroatoms. The summed E-state index contributed by atoms with van der Waals surface area (Å²) in [6, 6.07) is 6.06. The Hall–Kier alpha value is -0.850. The van der Waals surface area contributed by atoms with Crippen molar-refractivity contribution in [2.24, 2.45) is 5.41 Å². The molecule has 0 bridgehead atoms. The van der Waals surface area contributed by atoms with E-state index in [0.717, 1.165) is 9.75 Å². The van der Waals surface area contributed by atoms with Crippen LogP contribution in [0.4, 0.5) is 0 Å². The number of nitriles is 1. The predicted molar refractivity (Wildman–Crippen MR) is 58.0 cm³/mol. The third kappa shape index (κ3) is 1.97. The van der Waals surface area contributed by atoms with Gasteiger partial charge in [-0.1, -0.05) is 6.92 Å². The first-order valence-corrected chi connectivity index (χ1v) is 5.51. The summed E-state index contributed by atoms with van der Waals surface area (Å²) in [4.78, 5) is 2.05. The Balaban J connectivity index is 2.95. The van der Waals surface area contributed by atoms with Gasteiger partial charge in [-0.05, 0) is 32.4 Å². The summed E-state index contributed by atoms with van der Waals surface area (Å²) in [5, 5.41) is 19.1. The summed E-state index contributed by atoms with van der Waals surface area (Å²) >= 11 is 1.55. The zero-order valence-corrected chi connectivity index (χ0v) is 9.56. The minimum atomic E-state index is -0.670. The monoisotopic (exact) mass is 209 g/mol. The van der Waals surface area contributed by atoms with Crippen LogP contribution in [0.2, 0.25) is 0 Å². The summed E-state index contributed by atoms with van der Waals surface area (Å²) in [5.74, 6) is 0. The van der Waals surface area contributed by atoms with Crippen LogP contribution in [0.1, 0.15) is 36.1 Å². The molecule has 0 saturated heterocycles. The van der Waals surface area contributed by atoms with Gasteiger partial charge in [-0.3, -0.25) is 0 Å². The van der Waals surface area contributed by atoms with Crippen LogP contribution in [0.25, 0.3) is 0 Å². The molecule has 1 rings (SSSR count). The first kappa shape index (κ1) is 11.2. The lowest BCUT2D eigenvalue weighted by Gasteiger charge is -2.25. The molecule has 0 aliphatic rings. The van der Waals surface area contributed by atoms with Crippen LogP contribution < -0.4 is 0 Å². The van der Waals surface area contributed by atoms with Crippen molar-refractivity contribution < 1.29 is 5.11 Å². The van der Waals surface area contributed by atoms with Crippen LogP contribution in [0.3, 0.4) is 0 Å². The number of aliphatic hydroxyl groups excluding tert-OH is 1. The molecule has 2 unspecified atom stereocenters. The molecule has 0 aliphatic heterocycles. The molecule has 0 fully saturated rings. The van der Waals surface area contributed by atoms with Crippen molar-refractivity contribution in [1.29, 1.82) is 5.26 Å². The third-order valence-electron chi connectivity index (χ3n) is 2.62. The SMILES string of the molecule is CCC(C)(C#N)C(O)c1ccc(C)s1. The van der Waals surface area contributed by atoms with Crippen LogP contribution in [0.15, 0.2) is 12.1 Å². The van der Waals surface area contributed by atoms with Crippen molar-refractivity contribution in [1.82, 2.24) is 0 Å². The summed E-state index contributed by atoms with van der Waals surface area (Å²) in [7, 11) is 0. The molecule has 0 saturated carbocycles. The van der Waals surface area contributed by atoms with Gasteiger partial charge >= 0.3 is 0 Å². The molecule has 0 aromatic carbocycles. The van der Waals surface area contributed by atoms with Crippen LogP contribution in [0, 0.1) is 23.7 Å². The van der Waals surface area contributed by atoms with Gasteiger partial charge in [0, 0.05) is 9.75 Å². The molecule has 0 aliphatic carbocycles. The molecule has 0 amide bonds. The van der Waals surface area contributed by atoms with Crippen molar-refractivity contribution in [3.05, 3.63) is 21.9 Å². The second-order valence-electron chi connectivity index (χ2n) is 3.73. The fraction of sp³-hybridized carbons (Fsp3) is 0.545. The number of hydrogen-bond donors (Lipinski definition) is 1. The van der Waals surface area contributed by atoms with Crippen LogP contribution in [-0.2, 0) is 0 Å². The minimum Gasteiger partial charge on any atom is -0.386 e.